The van der Waals surface area contributed by atoms with Crippen LogP contribution < -0.4 is 10.6 Å². The third-order valence-electron chi connectivity index (χ3n) is 5.24. The van der Waals surface area contributed by atoms with Gasteiger partial charge in [-0.1, -0.05) is 18.1 Å². The number of amides is 1. The molecule has 222 valence electrons. The van der Waals surface area contributed by atoms with Crippen LogP contribution in [0.4, 0.5) is 16.4 Å². The Morgan fingerprint density at radius 3 is 2.48 bits per heavy atom. The average molecular weight is 574 g/mol. The van der Waals surface area contributed by atoms with Crippen LogP contribution >= 0.6 is 0 Å². The lowest BCUT2D eigenvalue weighted by Crippen LogP contribution is -2.33. The van der Waals surface area contributed by atoms with Crippen LogP contribution in [-0.2, 0) is 20.7 Å². The van der Waals surface area contributed by atoms with Crippen LogP contribution in [0.2, 0.25) is 0 Å². The molecule has 3 rings (SSSR count). The molecule has 0 saturated carbocycles. The highest BCUT2D eigenvalue weighted by Gasteiger charge is 2.17. The fraction of sp³-hybridized carbons (Fsp3) is 0.419. The normalized spacial score (nSPS) is 11.3. The van der Waals surface area contributed by atoms with E-state index in [2.05, 4.69) is 42.4 Å². The molecule has 0 radical (unpaired) electrons. The Bertz CT molecular complexity index is 1440. The standard InChI is InChI=1S/C31H39N7O4/c1-30(2,3)41-26(39)20-38(7)17-9-12-24-19-23(14-16-32-24)27-34-21-35-28(37-27)36-25-11-8-10-22(18-25)13-15-33-29(40)42-31(4,5)6/h8,10-11,14,16,18-19,21H,13,15,17,20H2,1-7H3,(H,33,40)(H,34,35,36,37). The van der Waals surface area contributed by atoms with Crippen LogP contribution in [0.3, 0.4) is 0 Å². The number of hydrogen-bond acceptors (Lipinski definition) is 10. The number of likely N-dealkylation sites (N-methyl/N-ethyl adjacent to an activating group) is 1. The van der Waals surface area contributed by atoms with Crippen molar-refractivity contribution in [2.75, 3.05) is 32.0 Å². The van der Waals surface area contributed by atoms with E-state index >= 15 is 0 Å². The topological polar surface area (TPSA) is 131 Å². The van der Waals surface area contributed by atoms with Gasteiger partial charge in [0.05, 0.1) is 13.1 Å². The van der Waals surface area contributed by atoms with Gasteiger partial charge in [0, 0.05) is 24.0 Å². The third-order valence-corrected chi connectivity index (χ3v) is 5.24. The molecule has 2 aromatic heterocycles. The van der Waals surface area contributed by atoms with Gasteiger partial charge in [-0.15, -0.1) is 0 Å². The van der Waals surface area contributed by atoms with E-state index in [0.29, 0.717) is 37.0 Å². The van der Waals surface area contributed by atoms with Crippen molar-refractivity contribution in [1.29, 1.82) is 0 Å². The van der Waals surface area contributed by atoms with E-state index in [4.69, 9.17) is 9.47 Å². The fourth-order valence-corrected chi connectivity index (χ4v) is 3.61. The van der Waals surface area contributed by atoms with Crippen LogP contribution in [0, 0.1) is 11.8 Å². The molecule has 0 fully saturated rings. The first-order valence-corrected chi connectivity index (χ1v) is 13.6. The van der Waals surface area contributed by atoms with E-state index < -0.39 is 17.3 Å². The van der Waals surface area contributed by atoms with Gasteiger partial charge in [0.15, 0.2) is 5.82 Å². The maximum absolute atomic E-state index is 12.0. The Balaban J connectivity index is 1.59. The summed E-state index contributed by atoms with van der Waals surface area (Å²) in [5, 5.41) is 5.98. The predicted molar refractivity (Wildman–Crippen MR) is 161 cm³/mol. The van der Waals surface area contributed by atoms with Gasteiger partial charge in [0.25, 0.3) is 0 Å². The van der Waals surface area contributed by atoms with Crippen molar-refractivity contribution in [3.8, 4) is 23.2 Å². The Morgan fingerprint density at radius 2 is 1.74 bits per heavy atom. The molecular weight excluding hydrogens is 534 g/mol. The lowest BCUT2D eigenvalue weighted by Gasteiger charge is -2.21. The summed E-state index contributed by atoms with van der Waals surface area (Å²) in [6, 6.07) is 11.4. The number of carbonyl (C=O) groups is 2. The van der Waals surface area contributed by atoms with Gasteiger partial charge in [0.2, 0.25) is 5.95 Å². The molecule has 42 heavy (non-hydrogen) atoms. The van der Waals surface area contributed by atoms with Crippen LogP contribution in [-0.4, -0.2) is 74.8 Å². The number of anilines is 2. The van der Waals surface area contributed by atoms with E-state index in [1.165, 1.54) is 6.33 Å². The number of esters is 1. The van der Waals surface area contributed by atoms with Gasteiger partial charge in [-0.3, -0.25) is 9.69 Å². The monoisotopic (exact) mass is 573 g/mol. The molecule has 0 bridgehead atoms. The summed E-state index contributed by atoms with van der Waals surface area (Å²) in [6.07, 6.45) is 3.28. The second kappa shape index (κ2) is 14.4. The van der Waals surface area contributed by atoms with Gasteiger partial charge in [-0.25, -0.2) is 19.7 Å². The Hall–Kier alpha value is -4.56. The number of benzene rings is 1. The van der Waals surface area contributed by atoms with Crippen molar-refractivity contribution in [2.24, 2.45) is 0 Å². The van der Waals surface area contributed by atoms with Gasteiger partial charge in [-0.2, -0.15) is 4.98 Å². The number of ether oxygens (including phenoxy) is 2. The minimum atomic E-state index is -0.538. The number of pyridine rings is 1. The molecule has 1 amide bonds. The zero-order chi connectivity index (χ0) is 30.8. The second-order valence-electron chi connectivity index (χ2n) is 11.6. The van der Waals surface area contributed by atoms with E-state index in [-0.39, 0.29) is 12.5 Å². The number of alkyl carbamates (subject to hydrolysis) is 1. The number of aromatic nitrogens is 4. The summed E-state index contributed by atoms with van der Waals surface area (Å²) in [5.41, 5.74) is 2.07. The third kappa shape index (κ3) is 11.9. The first-order chi connectivity index (χ1) is 19.8. The highest BCUT2D eigenvalue weighted by Crippen LogP contribution is 2.19. The first kappa shape index (κ1) is 32.0. The highest BCUT2D eigenvalue weighted by atomic mass is 16.6. The number of hydrogen-bond donors (Lipinski definition) is 2. The van der Waals surface area contributed by atoms with E-state index in [9.17, 15) is 9.59 Å². The molecule has 2 N–H and O–H groups in total. The van der Waals surface area contributed by atoms with E-state index in [1.807, 2.05) is 65.8 Å². The van der Waals surface area contributed by atoms with Gasteiger partial charge in [-0.05, 0) is 90.8 Å². The number of nitrogens with zero attached hydrogens (tertiary/aromatic N) is 5. The minimum Gasteiger partial charge on any atom is -0.459 e. The molecule has 0 unspecified atom stereocenters. The first-order valence-electron chi connectivity index (χ1n) is 13.6. The molecule has 11 heteroatoms. The smallest absolute Gasteiger partial charge is 0.407 e. The average Bonchev–Trinajstić information content (AvgIpc) is 2.87. The number of rotatable bonds is 9. The van der Waals surface area contributed by atoms with Crippen molar-refractivity contribution in [3.63, 3.8) is 0 Å². The molecule has 3 aromatic rings. The molecule has 0 aliphatic heterocycles. The lowest BCUT2D eigenvalue weighted by molar-refractivity contribution is -0.155. The van der Waals surface area contributed by atoms with Crippen molar-refractivity contribution in [2.45, 2.75) is 59.2 Å². The lowest BCUT2D eigenvalue weighted by atomic mass is 10.1. The molecule has 11 nitrogen and oxygen atoms in total. The van der Waals surface area contributed by atoms with E-state index in [0.717, 1.165) is 16.8 Å². The fourth-order valence-electron chi connectivity index (χ4n) is 3.61. The number of carbonyl (C=O) groups excluding carboxylic acids is 2. The van der Waals surface area contributed by atoms with Crippen molar-refractivity contribution < 1.29 is 19.1 Å². The van der Waals surface area contributed by atoms with Gasteiger partial charge < -0.3 is 20.1 Å². The number of nitrogens with one attached hydrogen (secondary N) is 2. The highest BCUT2D eigenvalue weighted by molar-refractivity contribution is 5.72. The molecule has 0 aliphatic carbocycles. The molecule has 0 saturated heterocycles. The van der Waals surface area contributed by atoms with Gasteiger partial charge in [0.1, 0.15) is 23.2 Å². The Kier molecular flexibility index (Phi) is 10.9. The SMILES string of the molecule is CN(CC#Cc1cc(-c2ncnc(Nc3cccc(CCNC(=O)OC(C)(C)C)c3)n2)ccn1)CC(=O)OC(C)(C)C. The maximum atomic E-state index is 12.0. The van der Waals surface area contributed by atoms with Crippen LogP contribution in [0.25, 0.3) is 11.4 Å². The molecular formula is C31H39N7O4. The molecule has 0 atom stereocenters. The summed E-state index contributed by atoms with van der Waals surface area (Å²) < 4.78 is 10.6. The summed E-state index contributed by atoms with van der Waals surface area (Å²) in [6.45, 7) is 12.0. The zero-order valence-corrected chi connectivity index (χ0v) is 25.3. The van der Waals surface area contributed by atoms with Gasteiger partial charge >= 0.3 is 12.1 Å². The molecule has 1 aromatic carbocycles. The summed E-state index contributed by atoms with van der Waals surface area (Å²) in [4.78, 5) is 43.1. The summed E-state index contributed by atoms with van der Waals surface area (Å²) in [7, 11) is 1.80. The second-order valence-corrected chi connectivity index (χ2v) is 11.6. The van der Waals surface area contributed by atoms with Crippen LogP contribution in [0.5, 0.6) is 0 Å². The zero-order valence-electron chi connectivity index (χ0n) is 25.3. The predicted octanol–water partition coefficient (Wildman–Crippen LogP) is 4.37. The maximum Gasteiger partial charge on any atom is 0.407 e. The van der Waals surface area contributed by atoms with E-state index in [1.54, 1.807) is 30.3 Å². The molecule has 2 heterocycles. The van der Waals surface area contributed by atoms with Crippen LogP contribution in [0.15, 0.2) is 48.9 Å². The van der Waals surface area contributed by atoms with Crippen LogP contribution in [0.1, 0.15) is 52.8 Å². The quantitative estimate of drug-likeness (QED) is 0.281. The van der Waals surface area contributed by atoms with Crippen molar-refractivity contribution >= 4 is 23.7 Å². The Labute approximate surface area is 247 Å². The largest absolute Gasteiger partial charge is 0.459 e. The minimum absolute atomic E-state index is 0.145. The van der Waals surface area contributed by atoms with Crippen molar-refractivity contribution in [1.82, 2.24) is 30.2 Å². The summed E-state index contributed by atoms with van der Waals surface area (Å²) >= 11 is 0. The summed E-state index contributed by atoms with van der Waals surface area (Å²) in [5.74, 6) is 6.62. The molecule has 0 aliphatic rings. The molecule has 0 spiro atoms. The van der Waals surface area contributed by atoms with Crippen molar-refractivity contribution in [3.05, 3.63) is 60.2 Å². The Morgan fingerprint density at radius 1 is 0.976 bits per heavy atom.